The van der Waals surface area contributed by atoms with Gasteiger partial charge >= 0.3 is 0 Å². The summed E-state index contributed by atoms with van der Waals surface area (Å²) in [5.41, 5.74) is 7.61. The van der Waals surface area contributed by atoms with Crippen molar-refractivity contribution < 1.29 is 0 Å². The zero-order valence-electron chi connectivity index (χ0n) is 8.71. The third kappa shape index (κ3) is 3.41. The van der Waals surface area contributed by atoms with E-state index in [2.05, 4.69) is 4.98 Å². The summed E-state index contributed by atoms with van der Waals surface area (Å²) in [6, 6.07) is 15.7. The van der Waals surface area contributed by atoms with Crippen molar-refractivity contribution in [2.45, 2.75) is 0 Å². The van der Waals surface area contributed by atoms with Crippen molar-refractivity contribution in [3.63, 3.8) is 0 Å². The van der Waals surface area contributed by atoms with Gasteiger partial charge in [-0.25, -0.2) is 4.98 Å². The lowest BCUT2D eigenvalue weighted by molar-refractivity contribution is 1.31. The monoisotopic (exact) mass is 232 g/mol. The Morgan fingerprint density at radius 3 is 2.31 bits per heavy atom. The van der Waals surface area contributed by atoms with Gasteiger partial charge in [-0.1, -0.05) is 42.5 Å². The molecular weight excluding hydrogens is 220 g/mol. The molecule has 0 amide bonds. The lowest BCUT2D eigenvalue weighted by Gasteiger charge is -1.95. The number of pyridine rings is 1. The molecule has 0 aliphatic carbocycles. The Balaban J connectivity index is 0.00000128. The van der Waals surface area contributed by atoms with Crippen LogP contribution < -0.4 is 5.73 Å². The normalized spacial score (nSPS) is 10.0. The van der Waals surface area contributed by atoms with Gasteiger partial charge in [0, 0.05) is 0 Å². The summed E-state index contributed by atoms with van der Waals surface area (Å²) in [4.78, 5) is 4.18. The Morgan fingerprint density at radius 1 is 0.875 bits per heavy atom. The minimum absolute atomic E-state index is 0. The number of nitrogen functional groups attached to an aromatic ring is 1. The molecule has 1 heterocycles. The average Bonchev–Trinajstić information content (AvgIpc) is 2.28. The number of hydrogen-bond acceptors (Lipinski definition) is 2. The molecule has 2 N–H and O–H groups in total. The number of anilines is 1. The van der Waals surface area contributed by atoms with Crippen molar-refractivity contribution in [1.29, 1.82) is 0 Å². The van der Waals surface area contributed by atoms with Gasteiger partial charge in [-0.3, -0.25) is 0 Å². The van der Waals surface area contributed by atoms with E-state index in [-0.39, 0.29) is 12.4 Å². The van der Waals surface area contributed by atoms with E-state index in [0.717, 1.165) is 11.3 Å². The summed E-state index contributed by atoms with van der Waals surface area (Å²) < 4.78 is 0. The molecule has 1 aromatic heterocycles. The van der Waals surface area contributed by atoms with Crippen molar-refractivity contribution in [2.75, 3.05) is 5.73 Å². The van der Waals surface area contributed by atoms with E-state index in [0.29, 0.717) is 5.82 Å². The van der Waals surface area contributed by atoms with Crippen LogP contribution in [0.1, 0.15) is 11.3 Å². The summed E-state index contributed by atoms with van der Waals surface area (Å²) in [7, 11) is 0. The molecule has 0 aliphatic heterocycles. The van der Waals surface area contributed by atoms with Gasteiger partial charge < -0.3 is 5.73 Å². The Labute approximate surface area is 101 Å². The predicted molar refractivity (Wildman–Crippen MR) is 71.3 cm³/mol. The molecule has 3 heteroatoms. The molecule has 0 bridgehead atoms. The summed E-state index contributed by atoms with van der Waals surface area (Å²) >= 11 is 0. The van der Waals surface area contributed by atoms with Crippen LogP contribution in [0.5, 0.6) is 0 Å². The fourth-order valence-electron chi connectivity index (χ4n) is 1.31. The summed E-state index contributed by atoms with van der Waals surface area (Å²) in [5.74, 6) is 0.546. The molecule has 1 aromatic carbocycles. The zero-order chi connectivity index (χ0) is 10.5. The first-order valence-corrected chi connectivity index (χ1v) is 4.80. The Hall–Kier alpha value is -1.80. The quantitative estimate of drug-likeness (QED) is 0.863. The molecule has 82 valence electrons. The minimum atomic E-state index is 0. The minimum Gasteiger partial charge on any atom is -0.384 e. The number of rotatable bonds is 2. The summed E-state index contributed by atoms with van der Waals surface area (Å²) in [5, 5.41) is 0. The van der Waals surface area contributed by atoms with Crippen molar-refractivity contribution in [3.05, 3.63) is 59.8 Å². The van der Waals surface area contributed by atoms with Gasteiger partial charge in [0.2, 0.25) is 0 Å². The second-order valence-electron chi connectivity index (χ2n) is 3.23. The highest BCUT2D eigenvalue weighted by Crippen LogP contribution is 2.07. The second kappa shape index (κ2) is 5.93. The lowest BCUT2D eigenvalue weighted by Crippen LogP contribution is -1.90. The van der Waals surface area contributed by atoms with E-state index in [1.54, 1.807) is 6.07 Å². The smallest absolute Gasteiger partial charge is 0.124 e. The van der Waals surface area contributed by atoms with Gasteiger partial charge in [0.25, 0.3) is 0 Å². The SMILES string of the molecule is Cl.Nc1cccc(C=Cc2ccccc2)n1. The topological polar surface area (TPSA) is 38.9 Å². The van der Waals surface area contributed by atoms with E-state index in [9.17, 15) is 0 Å². The number of nitrogens with two attached hydrogens (primary N) is 1. The van der Waals surface area contributed by atoms with Crippen molar-refractivity contribution in [2.24, 2.45) is 0 Å². The van der Waals surface area contributed by atoms with E-state index in [1.165, 1.54) is 0 Å². The fraction of sp³-hybridized carbons (Fsp3) is 0. The highest BCUT2D eigenvalue weighted by atomic mass is 35.5. The van der Waals surface area contributed by atoms with Gasteiger partial charge in [0.05, 0.1) is 5.69 Å². The van der Waals surface area contributed by atoms with Gasteiger partial charge in [-0.2, -0.15) is 0 Å². The molecule has 0 unspecified atom stereocenters. The maximum atomic E-state index is 5.58. The molecule has 0 atom stereocenters. The van der Waals surface area contributed by atoms with Crippen LogP contribution in [0.3, 0.4) is 0 Å². The largest absolute Gasteiger partial charge is 0.384 e. The van der Waals surface area contributed by atoms with Crippen LogP contribution in [0.4, 0.5) is 5.82 Å². The number of hydrogen-bond donors (Lipinski definition) is 1. The first-order chi connectivity index (χ1) is 7.34. The molecule has 0 spiro atoms. The molecule has 2 rings (SSSR count). The van der Waals surface area contributed by atoms with Gasteiger partial charge in [-0.15, -0.1) is 12.4 Å². The predicted octanol–water partition coefficient (Wildman–Crippen LogP) is 3.26. The van der Waals surface area contributed by atoms with Crippen LogP contribution in [0.25, 0.3) is 12.2 Å². The Morgan fingerprint density at radius 2 is 1.62 bits per heavy atom. The van der Waals surface area contributed by atoms with Gasteiger partial charge in [0.15, 0.2) is 0 Å². The molecule has 0 radical (unpaired) electrons. The Bertz CT molecular complexity index is 466. The summed E-state index contributed by atoms with van der Waals surface area (Å²) in [6.45, 7) is 0. The van der Waals surface area contributed by atoms with Crippen LogP contribution in [-0.4, -0.2) is 4.98 Å². The van der Waals surface area contributed by atoms with Crippen LogP contribution in [0.2, 0.25) is 0 Å². The third-order valence-electron chi connectivity index (χ3n) is 2.04. The highest BCUT2D eigenvalue weighted by Gasteiger charge is 1.89. The van der Waals surface area contributed by atoms with E-state index < -0.39 is 0 Å². The van der Waals surface area contributed by atoms with Crippen LogP contribution >= 0.6 is 12.4 Å². The standard InChI is InChI=1S/C13H12N2.ClH/c14-13-8-4-7-12(15-13)10-9-11-5-2-1-3-6-11;/h1-10H,(H2,14,15);1H. The molecular formula is C13H13ClN2. The number of halogens is 1. The highest BCUT2D eigenvalue weighted by molar-refractivity contribution is 5.85. The van der Waals surface area contributed by atoms with Crippen LogP contribution in [0, 0.1) is 0 Å². The first-order valence-electron chi connectivity index (χ1n) is 4.80. The molecule has 16 heavy (non-hydrogen) atoms. The van der Waals surface area contributed by atoms with Crippen LogP contribution in [-0.2, 0) is 0 Å². The van der Waals surface area contributed by atoms with Crippen molar-refractivity contribution >= 4 is 30.4 Å². The molecule has 0 saturated carbocycles. The lowest BCUT2D eigenvalue weighted by atomic mass is 10.2. The molecule has 0 saturated heterocycles. The second-order valence-corrected chi connectivity index (χ2v) is 3.23. The summed E-state index contributed by atoms with van der Waals surface area (Å²) in [6.07, 6.45) is 3.97. The maximum Gasteiger partial charge on any atom is 0.124 e. The van der Waals surface area contributed by atoms with Crippen molar-refractivity contribution in [1.82, 2.24) is 4.98 Å². The van der Waals surface area contributed by atoms with E-state index in [4.69, 9.17) is 5.73 Å². The maximum absolute atomic E-state index is 5.58. The van der Waals surface area contributed by atoms with Crippen molar-refractivity contribution in [3.8, 4) is 0 Å². The Kier molecular flexibility index (Phi) is 4.55. The number of benzene rings is 1. The fourth-order valence-corrected chi connectivity index (χ4v) is 1.31. The zero-order valence-corrected chi connectivity index (χ0v) is 9.52. The number of nitrogens with zero attached hydrogens (tertiary/aromatic N) is 1. The third-order valence-corrected chi connectivity index (χ3v) is 2.04. The average molecular weight is 233 g/mol. The number of aromatic nitrogens is 1. The molecule has 0 fully saturated rings. The van der Waals surface area contributed by atoms with E-state index >= 15 is 0 Å². The molecule has 2 nitrogen and oxygen atoms in total. The van der Waals surface area contributed by atoms with Gasteiger partial charge in [-0.05, 0) is 23.8 Å². The van der Waals surface area contributed by atoms with Crippen LogP contribution in [0.15, 0.2) is 48.5 Å². The van der Waals surface area contributed by atoms with E-state index in [1.807, 2.05) is 54.6 Å². The van der Waals surface area contributed by atoms with Gasteiger partial charge in [0.1, 0.15) is 5.82 Å². The molecule has 2 aromatic rings. The molecule has 0 aliphatic rings. The first kappa shape index (κ1) is 12.3.